The number of halogens is 2. The van der Waals surface area contributed by atoms with Gasteiger partial charge in [0.2, 0.25) is 0 Å². The van der Waals surface area contributed by atoms with Crippen LogP contribution in [0.25, 0.3) is 10.9 Å². The zero-order chi connectivity index (χ0) is 12.7. The number of carbonyl (C=O) groups excluding carboxylic acids is 1. The van der Waals surface area contributed by atoms with Crippen LogP contribution in [0.3, 0.4) is 0 Å². The van der Waals surface area contributed by atoms with E-state index in [2.05, 4.69) is 31.9 Å². The molecule has 1 aromatic carbocycles. The van der Waals surface area contributed by atoms with E-state index in [1.807, 2.05) is 6.07 Å². The number of benzene rings is 1. The largest absolute Gasteiger partial charge is 0.475 e. The average molecular weight is 361 g/mol. The molecule has 0 aliphatic heterocycles. The summed E-state index contributed by atoms with van der Waals surface area (Å²) in [5, 5.41) is 9.37. The van der Waals surface area contributed by atoms with Crippen LogP contribution in [-0.4, -0.2) is 21.4 Å². The van der Waals surface area contributed by atoms with Crippen LogP contribution >= 0.6 is 31.9 Å². The van der Waals surface area contributed by atoms with Crippen LogP contribution in [0.4, 0.5) is 0 Å². The molecule has 0 saturated carbocycles. The molecule has 0 spiro atoms. The average Bonchev–Trinajstić information content (AvgIpc) is 2.56. The molecule has 0 fully saturated rings. The predicted octanol–water partition coefficient (Wildman–Crippen LogP) is 2.97. The summed E-state index contributed by atoms with van der Waals surface area (Å²) in [7, 11) is 1.77. The van der Waals surface area contributed by atoms with Crippen LogP contribution in [-0.2, 0) is 11.8 Å². The fourth-order valence-corrected chi connectivity index (χ4v) is 2.35. The summed E-state index contributed by atoms with van der Waals surface area (Å²) in [5.41, 5.74) is 0.993. The normalized spacial score (nSPS) is 10.8. The van der Waals surface area contributed by atoms with Crippen molar-refractivity contribution in [2.45, 2.75) is 0 Å². The predicted molar refractivity (Wildman–Crippen MR) is 70.3 cm³/mol. The molecule has 0 amide bonds. The van der Waals surface area contributed by atoms with Gasteiger partial charge < -0.3 is 9.67 Å². The maximum absolute atomic E-state index is 11.5. The summed E-state index contributed by atoms with van der Waals surface area (Å²) in [6, 6.07) is 3.56. The van der Waals surface area contributed by atoms with Gasteiger partial charge in [-0.05, 0) is 44.0 Å². The highest BCUT2D eigenvalue weighted by Gasteiger charge is 2.20. The molecule has 88 valence electrons. The number of rotatable bonds is 2. The Morgan fingerprint density at radius 1 is 1.24 bits per heavy atom. The lowest BCUT2D eigenvalue weighted by molar-refractivity contribution is -0.131. The molecule has 1 aromatic heterocycles. The molecule has 0 atom stereocenters. The van der Waals surface area contributed by atoms with Crippen molar-refractivity contribution in [3.63, 3.8) is 0 Å². The minimum Gasteiger partial charge on any atom is -0.475 e. The first kappa shape index (κ1) is 12.3. The molecular formula is C11H7Br2NO3. The van der Waals surface area contributed by atoms with Crippen molar-refractivity contribution >= 4 is 54.5 Å². The number of ketones is 1. The number of aryl methyl sites for hydroxylation is 1. The Kier molecular flexibility index (Phi) is 3.09. The smallest absolute Gasteiger partial charge is 0.377 e. The first-order valence-corrected chi connectivity index (χ1v) is 6.22. The molecule has 6 heteroatoms. The van der Waals surface area contributed by atoms with E-state index in [1.54, 1.807) is 17.7 Å². The number of carboxylic acids is 1. The second-order valence-corrected chi connectivity index (χ2v) is 5.28. The second-order valence-electron chi connectivity index (χ2n) is 3.57. The SMILES string of the molecule is Cn1cc(C(=O)C(=O)O)c2cc(Br)c(Br)cc21. The third-order valence-corrected chi connectivity index (χ3v) is 4.31. The van der Waals surface area contributed by atoms with E-state index >= 15 is 0 Å². The standard InChI is InChI=1S/C11H7Br2NO3/c1-14-4-6(10(15)11(16)17)5-2-7(12)8(13)3-9(5)14/h2-4H,1H3,(H,16,17). The molecule has 0 radical (unpaired) electrons. The maximum atomic E-state index is 11.5. The number of hydrogen-bond donors (Lipinski definition) is 1. The molecule has 1 heterocycles. The van der Waals surface area contributed by atoms with Crippen LogP contribution in [0.15, 0.2) is 27.3 Å². The Labute approximate surface area is 113 Å². The number of Topliss-reactive ketones (excluding diaryl/α,β-unsaturated/α-hetero) is 1. The molecule has 0 saturated heterocycles. The monoisotopic (exact) mass is 359 g/mol. The molecule has 0 bridgehead atoms. The van der Waals surface area contributed by atoms with E-state index in [4.69, 9.17) is 5.11 Å². The van der Waals surface area contributed by atoms with Crippen LogP contribution in [0, 0.1) is 0 Å². The van der Waals surface area contributed by atoms with Crippen LogP contribution in [0.1, 0.15) is 10.4 Å². The highest BCUT2D eigenvalue weighted by atomic mass is 79.9. The summed E-state index contributed by atoms with van der Waals surface area (Å²) in [6.07, 6.45) is 1.53. The van der Waals surface area contributed by atoms with Crippen molar-refractivity contribution < 1.29 is 14.7 Å². The molecular weight excluding hydrogens is 354 g/mol. The van der Waals surface area contributed by atoms with Gasteiger partial charge in [-0.3, -0.25) is 4.79 Å². The van der Waals surface area contributed by atoms with Gasteiger partial charge in [0, 0.05) is 33.1 Å². The van der Waals surface area contributed by atoms with Gasteiger partial charge in [0.15, 0.2) is 0 Å². The molecule has 4 nitrogen and oxygen atoms in total. The van der Waals surface area contributed by atoms with E-state index in [1.165, 1.54) is 6.20 Å². The van der Waals surface area contributed by atoms with Crippen molar-refractivity contribution in [1.82, 2.24) is 4.57 Å². The topological polar surface area (TPSA) is 59.3 Å². The third kappa shape index (κ3) is 2.02. The van der Waals surface area contributed by atoms with Gasteiger partial charge in [0.05, 0.1) is 5.56 Å². The molecule has 2 rings (SSSR count). The first-order valence-electron chi connectivity index (χ1n) is 4.63. The van der Waals surface area contributed by atoms with E-state index < -0.39 is 11.8 Å². The summed E-state index contributed by atoms with van der Waals surface area (Å²) in [5.74, 6) is -2.35. The molecule has 0 aliphatic carbocycles. The van der Waals surface area contributed by atoms with Crippen LogP contribution in [0.5, 0.6) is 0 Å². The minimum atomic E-state index is -1.45. The van der Waals surface area contributed by atoms with Crippen molar-refractivity contribution in [3.8, 4) is 0 Å². The Hall–Kier alpha value is -1.14. The van der Waals surface area contributed by atoms with Gasteiger partial charge in [-0.15, -0.1) is 0 Å². The fourth-order valence-electron chi connectivity index (χ4n) is 1.67. The quantitative estimate of drug-likeness (QED) is 0.661. The number of fused-ring (bicyclic) bond motifs is 1. The van der Waals surface area contributed by atoms with E-state index in [0.717, 1.165) is 14.5 Å². The van der Waals surface area contributed by atoms with Crippen molar-refractivity contribution in [2.75, 3.05) is 0 Å². The Morgan fingerprint density at radius 2 is 1.82 bits per heavy atom. The molecule has 1 N–H and O–H groups in total. The highest BCUT2D eigenvalue weighted by Crippen LogP contribution is 2.31. The van der Waals surface area contributed by atoms with E-state index in [-0.39, 0.29) is 5.56 Å². The van der Waals surface area contributed by atoms with Crippen LogP contribution < -0.4 is 0 Å². The summed E-state index contributed by atoms with van der Waals surface area (Å²) in [4.78, 5) is 22.3. The summed E-state index contributed by atoms with van der Waals surface area (Å²) < 4.78 is 3.35. The molecule has 17 heavy (non-hydrogen) atoms. The van der Waals surface area contributed by atoms with Crippen molar-refractivity contribution in [1.29, 1.82) is 0 Å². The number of aliphatic carboxylic acids is 1. The fraction of sp³-hybridized carbons (Fsp3) is 0.0909. The van der Waals surface area contributed by atoms with Gasteiger partial charge in [-0.1, -0.05) is 0 Å². The van der Waals surface area contributed by atoms with Crippen molar-refractivity contribution in [2.24, 2.45) is 7.05 Å². The Bertz CT molecular complexity index is 646. The van der Waals surface area contributed by atoms with Gasteiger partial charge in [0.25, 0.3) is 5.78 Å². The minimum absolute atomic E-state index is 0.197. The van der Waals surface area contributed by atoms with Gasteiger partial charge in [-0.25, -0.2) is 4.79 Å². The summed E-state index contributed by atoms with van der Waals surface area (Å²) >= 11 is 6.70. The second kappa shape index (κ2) is 4.27. The zero-order valence-corrected chi connectivity index (χ0v) is 11.9. The molecule has 0 unspecified atom stereocenters. The van der Waals surface area contributed by atoms with E-state index in [9.17, 15) is 9.59 Å². The number of aromatic nitrogens is 1. The maximum Gasteiger partial charge on any atom is 0.377 e. The van der Waals surface area contributed by atoms with Crippen LogP contribution in [0.2, 0.25) is 0 Å². The summed E-state index contributed by atoms with van der Waals surface area (Å²) in [6.45, 7) is 0. The lowest BCUT2D eigenvalue weighted by Gasteiger charge is -2.00. The van der Waals surface area contributed by atoms with E-state index in [0.29, 0.717) is 5.39 Å². The van der Waals surface area contributed by atoms with Gasteiger partial charge in [0.1, 0.15) is 0 Å². The van der Waals surface area contributed by atoms with Gasteiger partial charge >= 0.3 is 5.97 Å². The zero-order valence-electron chi connectivity index (χ0n) is 8.70. The third-order valence-electron chi connectivity index (χ3n) is 2.47. The lowest BCUT2D eigenvalue weighted by Crippen LogP contribution is -2.12. The number of nitrogens with zero attached hydrogens (tertiary/aromatic N) is 1. The molecule has 0 aliphatic rings. The number of carboxylic acid groups (broad SMARTS) is 1. The first-order chi connectivity index (χ1) is 7.91. The van der Waals surface area contributed by atoms with Crippen molar-refractivity contribution in [3.05, 3.63) is 32.8 Å². The Balaban J connectivity index is 2.79. The van der Waals surface area contributed by atoms with Gasteiger partial charge in [-0.2, -0.15) is 0 Å². The number of carbonyl (C=O) groups is 2. The molecule has 2 aromatic rings. The highest BCUT2D eigenvalue weighted by molar-refractivity contribution is 9.13. The Morgan fingerprint density at radius 3 is 2.41 bits per heavy atom. The lowest BCUT2D eigenvalue weighted by atomic mass is 10.1. The number of hydrogen-bond acceptors (Lipinski definition) is 2.